The van der Waals surface area contributed by atoms with Crippen LogP contribution in [0.4, 0.5) is 5.69 Å². The Hall–Kier alpha value is -3.92. The largest absolute Gasteiger partial charge is 0.494 e. The van der Waals surface area contributed by atoms with E-state index >= 15 is 0 Å². The van der Waals surface area contributed by atoms with Crippen LogP contribution in [0, 0.1) is 0 Å². The van der Waals surface area contributed by atoms with E-state index in [1.165, 1.54) is 12.6 Å². The number of carbonyl (C=O) groups excluding carboxylic acids is 3. The van der Waals surface area contributed by atoms with Crippen molar-refractivity contribution in [3.63, 3.8) is 0 Å². The number of fused-ring (bicyclic) bond motifs is 1. The zero-order valence-electron chi connectivity index (χ0n) is 22.1. The fourth-order valence-corrected chi connectivity index (χ4v) is 5.19. The molecule has 0 bridgehead atoms. The summed E-state index contributed by atoms with van der Waals surface area (Å²) in [6, 6.07) is 13.7. The molecule has 2 aliphatic rings. The smallest absolute Gasteiger partial charge is 0.328 e. The second-order valence-electron chi connectivity index (χ2n) is 9.93. The molecule has 39 heavy (non-hydrogen) atoms. The summed E-state index contributed by atoms with van der Waals surface area (Å²) in [6.45, 7) is 0.754. The first-order valence-electron chi connectivity index (χ1n) is 13.3. The Balaban J connectivity index is 1.23. The van der Waals surface area contributed by atoms with E-state index < -0.39 is 24.5 Å². The van der Waals surface area contributed by atoms with E-state index in [0.29, 0.717) is 37.2 Å². The number of carboxylic acids is 1. The Labute approximate surface area is 227 Å². The first-order valence-corrected chi connectivity index (χ1v) is 13.3. The minimum Gasteiger partial charge on any atom is -0.494 e. The highest BCUT2D eigenvalue weighted by Crippen LogP contribution is 2.32. The summed E-state index contributed by atoms with van der Waals surface area (Å²) in [5, 5.41) is 18.2. The van der Waals surface area contributed by atoms with Crippen LogP contribution < -0.4 is 9.64 Å². The van der Waals surface area contributed by atoms with Crippen molar-refractivity contribution in [3.8, 4) is 5.75 Å². The van der Waals surface area contributed by atoms with E-state index in [-0.39, 0.29) is 30.9 Å². The number of aliphatic hydroxyl groups is 1. The summed E-state index contributed by atoms with van der Waals surface area (Å²) >= 11 is 0. The average Bonchev–Trinajstić information content (AvgIpc) is 2.95. The number of hydrogen-bond acceptors (Lipinski definition) is 6. The number of amides is 3. The molecule has 1 saturated heterocycles. The standard InChI is InChI=1S/C29H35N3O7/c1-30(25(19-33)29(37)38)26(34)7-4-18-39-23-11-8-21(9-12-23)28(36)31-16-14-22(15-17-31)32-24-6-3-2-5-20(24)10-13-27(32)35/h2-3,5-6,8-9,11-12,22,25,33H,4,7,10,13-19H2,1H3,(H,37,38)/t25-/m0/s1. The lowest BCUT2D eigenvalue weighted by molar-refractivity contribution is -0.150. The number of aliphatic carboxylic acids is 1. The summed E-state index contributed by atoms with van der Waals surface area (Å²) in [5.74, 6) is -0.992. The van der Waals surface area contributed by atoms with Gasteiger partial charge in [-0.1, -0.05) is 18.2 Å². The van der Waals surface area contributed by atoms with Gasteiger partial charge in [-0.15, -0.1) is 0 Å². The topological polar surface area (TPSA) is 128 Å². The Morgan fingerprint density at radius 1 is 1.05 bits per heavy atom. The van der Waals surface area contributed by atoms with Gasteiger partial charge in [-0.2, -0.15) is 0 Å². The number of likely N-dealkylation sites (N-methyl/N-ethyl adjacent to an activating group) is 1. The number of anilines is 1. The lowest BCUT2D eigenvalue weighted by Crippen LogP contribution is -2.50. The van der Waals surface area contributed by atoms with Gasteiger partial charge in [0.1, 0.15) is 5.75 Å². The van der Waals surface area contributed by atoms with E-state index in [9.17, 15) is 19.2 Å². The maximum absolute atomic E-state index is 13.1. The normalized spacial score (nSPS) is 16.4. The molecule has 1 fully saturated rings. The maximum atomic E-state index is 13.1. The van der Waals surface area contributed by atoms with Crippen molar-refractivity contribution in [3.05, 3.63) is 59.7 Å². The van der Waals surface area contributed by atoms with Gasteiger partial charge in [0.2, 0.25) is 11.8 Å². The fraction of sp³-hybridized carbons (Fsp3) is 0.448. The second-order valence-corrected chi connectivity index (χ2v) is 9.93. The van der Waals surface area contributed by atoms with Crippen molar-refractivity contribution in [1.82, 2.24) is 9.80 Å². The maximum Gasteiger partial charge on any atom is 0.328 e. The molecule has 208 valence electrons. The molecule has 2 N–H and O–H groups in total. The lowest BCUT2D eigenvalue weighted by atomic mass is 9.95. The molecule has 10 heteroatoms. The first-order chi connectivity index (χ1) is 18.8. The third-order valence-electron chi connectivity index (χ3n) is 7.47. The van der Waals surface area contributed by atoms with Crippen molar-refractivity contribution < 1.29 is 34.1 Å². The van der Waals surface area contributed by atoms with Crippen molar-refractivity contribution >= 4 is 29.4 Å². The van der Waals surface area contributed by atoms with Crippen molar-refractivity contribution in [2.24, 2.45) is 0 Å². The van der Waals surface area contributed by atoms with Gasteiger partial charge >= 0.3 is 5.97 Å². The van der Waals surface area contributed by atoms with E-state index in [1.807, 2.05) is 28.0 Å². The Kier molecular flexibility index (Phi) is 9.19. The van der Waals surface area contributed by atoms with E-state index in [2.05, 4.69) is 6.07 Å². The zero-order chi connectivity index (χ0) is 27.9. The number of piperidine rings is 1. The molecule has 3 amide bonds. The third kappa shape index (κ3) is 6.57. The fourth-order valence-electron chi connectivity index (χ4n) is 5.19. The third-order valence-corrected chi connectivity index (χ3v) is 7.47. The van der Waals surface area contributed by atoms with E-state index in [4.69, 9.17) is 14.9 Å². The molecule has 2 aliphatic heterocycles. The van der Waals surface area contributed by atoms with Gasteiger partial charge < -0.3 is 29.6 Å². The van der Waals surface area contributed by atoms with Crippen molar-refractivity contribution in [2.75, 3.05) is 38.3 Å². The molecule has 2 aromatic rings. The van der Waals surface area contributed by atoms with Gasteiger partial charge in [0.25, 0.3) is 5.91 Å². The van der Waals surface area contributed by atoms with Crippen LogP contribution in [0.2, 0.25) is 0 Å². The Morgan fingerprint density at radius 3 is 2.41 bits per heavy atom. The van der Waals surface area contributed by atoms with Crippen molar-refractivity contribution in [2.45, 2.75) is 50.6 Å². The first kappa shape index (κ1) is 28.1. The predicted molar refractivity (Wildman–Crippen MR) is 144 cm³/mol. The zero-order valence-corrected chi connectivity index (χ0v) is 22.1. The highest BCUT2D eigenvalue weighted by atomic mass is 16.5. The highest BCUT2D eigenvalue weighted by molar-refractivity contribution is 5.97. The quantitative estimate of drug-likeness (QED) is 0.445. The van der Waals surface area contributed by atoms with Crippen LogP contribution >= 0.6 is 0 Å². The molecule has 2 heterocycles. The van der Waals surface area contributed by atoms with Crippen LogP contribution in [0.25, 0.3) is 0 Å². The molecule has 0 aromatic heterocycles. The van der Waals surface area contributed by atoms with Gasteiger partial charge in [-0.05, 0) is 61.6 Å². The number of carbonyl (C=O) groups is 4. The molecular weight excluding hydrogens is 502 g/mol. The van der Waals surface area contributed by atoms with Crippen LogP contribution in [0.5, 0.6) is 5.75 Å². The van der Waals surface area contributed by atoms with Gasteiger partial charge in [0, 0.05) is 50.3 Å². The molecular formula is C29H35N3O7. The minimum atomic E-state index is -1.27. The molecule has 1 atom stereocenters. The monoisotopic (exact) mass is 537 g/mol. The van der Waals surface area contributed by atoms with Crippen LogP contribution in [0.1, 0.15) is 48.0 Å². The predicted octanol–water partition coefficient (Wildman–Crippen LogP) is 2.33. The number of ether oxygens (including phenoxy) is 1. The molecule has 0 radical (unpaired) electrons. The van der Waals surface area contributed by atoms with Gasteiger partial charge in [-0.25, -0.2) is 4.79 Å². The number of likely N-dealkylation sites (tertiary alicyclic amines) is 1. The molecule has 0 aliphatic carbocycles. The summed E-state index contributed by atoms with van der Waals surface area (Å²) in [5.41, 5.74) is 2.76. The number of nitrogens with zero attached hydrogens (tertiary/aromatic N) is 3. The molecule has 0 saturated carbocycles. The van der Waals surface area contributed by atoms with E-state index in [1.54, 1.807) is 24.3 Å². The second kappa shape index (κ2) is 12.8. The average molecular weight is 538 g/mol. The van der Waals surface area contributed by atoms with Gasteiger partial charge in [0.15, 0.2) is 6.04 Å². The lowest BCUT2D eigenvalue weighted by Gasteiger charge is -2.41. The number of para-hydroxylation sites is 1. The van der Waals surface area contributed by atoms with E-state index in [0.717, 1.165) is 29.8 Å². The molecule has 0 unspecified atom stereocenters. The molecule has 0 spiro atoms. The van der Waals surface area contributed by atoms with Gasteiger partial charge in [0.05, 0.1) is 13.2 Å². The number of hydrogen-bond donors (Lipinski definition) is 2. The number of aryl methyl sites for hydroxylation is 1. The van der Waals surface area contributed by atoms with Crippen LogP contribution in [-0.2, 0) is 20.8 Å². The Morgan fingerprint density at radius 2 is 1.74 bits per heavy atom. The summed E-state index contributed by atoms with van der Waals surface area (Å²) in [4.78, 5) is 53.8. The van der Waals surface area contributed by atoms with Gasteiger partial charge in [-0.3, -0.25) is 14.4 Å². The number of carboxylic acid groups (broad SMARTS) is 1. The number of aliphatic hydroxyl groups excluding tert-OH is 1. The summed E-state index contributed by atoms with van der Waals surface area (Å²) in [7, 11) is 1.35. The number of benzene rings is 2. The SMILES string of the molecule is CN(C(=O)CCCOc1ccc(C(=O)N2CCC(N3C(=O)CCc4ccccc43)CC2)cc1)[C@@H](CO)C(=O)O. The van der Waals surface area contributed by atoms with Crippen LogP contribution in [0.3, 0.4) is 0 Å². The molecule has 2 aromatic carbocycles. The number of rotatable bonds is 10. The summed E-state index contributed by atoms with van der Waals surface area (Å²) < 4.78 is 5.67. The van der Waals surface area contributed by atoms with Crippen molar-refractivity contribution in [1.29, 1.82) is 0 Å². The van der Waals surface area contributed by atoms with Crippen LogP contribution in [-0.4, -0.2) is 89.1 Å². The molecule has 10 nitrogen and oxygen atoms in total. The Bertz CT molecular complexity index is 1190. The molecule has 4 rings (SSSR count). The minimum absolute atomic E-state index is 0.0594. The highest BCUT2D eigenvalue weighted by Gasteiger charge is 2.33. The van der Waals surface area contributed by atoms with Crippen LogP contribution in [0.15, 0.2) is 48.5 Å². The summed E-state index contributed by atoms with van der Waals surface area (Å²) in [6.07, 6.45) is 3.21.